The lowest BCUT2D eigenvalue weighted by Crippen LogP contribution is -2.10. The summed E-state index contributed by atoms with van der Waals surface area (Å²) in [7, 11) is 0. The van der Waals surface area contributed by atoms with Crippen LogP contribution < -0.4 is 5.73 Å². The Labute approximate surface area is 115 Å². The fourth-order valence-electron chi connectivity index (χ4n) is 1.84. The molecule has 0 amide bonds. The molecule has 2 aromatic rings. The molecular formula is C13H8F6N2. The van der Waals surface area contributed by atoms with Crippen LogP contribution in [-0.4, -0.2) is 4.98 Å². The number of halogens is 6. The van der Waals surface area contributed by atoms with E-state index in [-0.39, 0.29) is 5.56 Å². The quantitative estimate of drug-likeness (QED) is 0.795. The Bertz CT molecular complexity index is 643. The van der Waals surface area contributed by atoms with Crippen molar-refractivity contribution >= 4 is 5.82 Å². The van der Waals surface area contributed by atoms with Gasteiger partial charge in [-0.25, -0.2) is 4.98 Å². The predicted octanol–water partition coefficient (Wildman–Crippen LogP) is 4.37. The summed E-state index contributed by atoms with van der Waals surface area (Å²) in [6, 6.07) is 3.99. The average molecular weight is 306 g/mol. The van der Waals surface area contributed by atoms with Crippen LogP contribution in [0, 0.1) is 0 Å². The number of hydrogen-bond donors (Lipinski definition) is 1. The number of nitrogen functional groups attached to an aromatic ring is 1. The summed E-state index contributed by atoms with van der Waals surface area (Å²) in [6.07, 6.45) is -8.35. The van der Waals surface area contributed by atoms with E-state index in [1.54, 1.807) is 0 Å². The first-order chi connectivity index (χ1) is 9.60. The number of anilines is 1. The summed E-state index contributed by atoms with van der Waals surface area (Å²) in [6.45, 7) is 0. The van der Waals surface area contributed by atoms with E-state index in [2.05, 4.69) is 4.98 Å². The summed E-state index contributed by atoms with van der Waals surface area (Å²) in [5, 5.41) is 0. The molecule has 0 bridgehead atoms. The van der Waals surface area contributed by atoms with E-state index in [9.17, 15) is 26.3 Å². The van der Waals surface area contributed by atoms with Crippen molar-refractivity contribution in [2.75, 3.05) is 5.73 Å². The second kappa shape index (κ2) is 4.94. The average Bonchev–Trinajstić information content (AvgIpc) is 2.36. The number of nitrogens with zero attached hydrogens (tertiary/aromatic N) is 1. The molecule has 0 spiro atoms. The maximum atomic E-state index is 12.9. The summed E-state index contributed by atoms with van der Waals surface area (Å²) >= 11 is 0. The zero-order valence-corrected chi connectivity index (χ0v) is 10.3. The smallest absolute Gasteiger partial charge is 0.383 e. The molecule has 0 aliphatic heterocycles. The zero-order valence-electron chi connectivity index (χ0n) is 10.3. The molecule has 0 aliphatic rings. The second-order valence-corrected chi connectivity index (χ2v) is 4.19. The number of aromatic nitrogens is 1. The molecule has 21 heavy (non-hydrogen) atoms. The van der Waals surface area contributed by atoms with Crippen molar-refractivity contribution in [2.24, 2.45) is 0 Å². The largest absolute Gasteiger partial charge is 0.417 e. The summed E-state index contributed by atoms with van der Waals surface area (Å²) in [5.74, 6) is -0.399. The van der Waals surface area contributed by atoms with Crippen molar-refractivity contribution in [3.8, 4) is 11.1 Å². The van der Waals surface area contributed by atoms with Gasteiger partial charge in [0.2, 0.25) is 0 Å². The first-order valence-electron chi connectivity index (χ1n) is 5.60. The minimum atomic E-state index is -4.69. The Kier molecular flexibility index (Phi) is 3.56. The van der Waals surface area contributed by atoms with E-state index >= 15 is 0 Å². The third kappa shape index (κ3) is 3.09. The van der Waals surface area contributed by atoms with E-state index in [4.69, 9.17) is 5.73 Å². The number of alkyl halides is 6. The molecule has 2 nitrogen and oxygen atoms in total. The molecule has 1 heterocycles. The van der Waals surface area contributed by atoms with Crippen LogP contribution >= 0.6 is 0 Å². The highest BCUT2D eigenvalue weighted by atomic mass is 19.4. The number of hydrogen-bond acceptors (Lipinski definition) is 2. The molecule has 1 aromatic carbocycles. The minimum Gasteiger partial charge on any atom is -0.383 e. The lowest BCUT2D eigenvalue weighted by Gasteiger charge is -2.15. The fraction of sp³-hybridized carbons (Fsp3) is 0.154. The Balaban J connectivity index is 2.57. The van der Waals surface area contributed by atoms with E-state index in [1.807, 2.05) is 0 Å². The summed E-state index contributed by atoms with van der Waals surface area (Å²) in [5.41, 5.74) is 2.92. The van der Waals surface area contributed by atoms with Crippen LogP contribution in [0.2, 0.25) is 0 Å². The van der Waals surface area contributed by atoms with Gasteiger partial charge in [-0.3, -0.25) is 0 Å². The van der Waals surface area contributed by atoms with Crippen LogP contribution in [0.4, 0.5) is 32.2 Å². The van der Waals surface area contributed by atoms with Gasteiger partial charge in [-0.15, -0.1) is 0 Å². The van der Waals surface area contributed by atoms with E-state index < -0.39 is 34.9 Å². The molecular weight excluding hydrogens is 298 g/mol. The van der Waals surface area contributed by atoms with Crippen LogP contribution in [0.1, 0.15) is 11.1 Å². The Morgan fingerprint density at radius 1 is 0.810 bits per heavy atom. The second-order valence-electron chi connectivity index (χ2n) is 4.19. The van der Waals surface area contributed by atoms with Crippen molar-refractivity contribution in [3.63, 3.8) is 0 Å². The van der Waals surface area contributed by atoms with Gasteiger partial charge in [-0.05, 0) is 23.8 Å². The standard InChI is InChI=1S/C13H8F6N2/c14-12(15,16)8-3-1-7(2-4-8)10-9(13(17,18)19)5-6-21-11(10)20/h1-6H,(H2,20,21). The molecule has 112 valence electrons. The fourth-order valence-corrected chi connectivity index (χ4v) is 1.84. The van der Waals surface area contributed by atoms with Gasteiger partial charge in [0.05, 0.1) is 11.1 Å². The molecule has 0 atom stereocenters. The highest BCUT2D eigenvalue weighted by Gasteiger charge is 2.35. The van der Waals surface area contributed by atoms with Crippen molar-refractivity contribution in [1.29, 1.82) is 0 Å². The number of nitrogens with two attached hydrogens (primary N) is 1. The molecule has 8 heteroatoms. The van der Waals surface area contributed by atoms with Gasteiger partial charge >= 0.3 is 12.4 Å². The maximum absolute atomic E-state index is 12.9. The SMILES string of the molecule is Nc1nccc(C(F)(F)F)c1-c1ccc(C(F)(F)F)cc1. The van der Waals surface area contributed by atoms with Crippen molar-refractivity contribution in [1.82, 2.24) is 4.98 Å². The van der Waals surface area contributed by atoms with Gasteiger partial charge < -0.3 is 5.73 Å². The van der Waals surface area contributed by atoms with Gasteiger partial charge in [0, 0.05) is 11.8 Å². The van der Waals surface area contributed by atoms with Crippen LogP contribution in [0.5, 0.6) is 0 Å². The highest BCUT2D eigenvalue weighted by molar-refractivity contribution is 5.77. The molecule has 0 unspecified atom stereocenters. The monoisotopic (exact) mass is 306 g/mol. The predicted molar refractivity (Wildman–Crippen MR) is 64.1 cm³/mol. The van der Waals surface area contributed by atoms with E-state index in [0.717, 1.165) is 24.4 Å². The summed E-state index contributed by atoms with van der Waals surface area (Å²) < 4.78 is 76.1. The van der Waals surface area contributed by atoms with Crippen LogP contribution in [0.25, 0.3) is 11.1 Å². The van der Waals surface area contributed by atoms with Crippen LogP contribution in [0.3, 0.4) is 0 Å². The number of rotatable bonds is 1. The molecule has 0 aliphatic carbocycles. The molecule has 0 saturated carbocycles. The third-order valence-corrected chi connectivity index (χ3v) is 2.79. The maximum Gasteiger partial charge on any atom is 0.417 e. The normalized spacial score (nSPS) is 12.5. The number of benzene rings is 1. The van der Waals surface area contributed by atoms with Crippen molar-refractivity contribution in [2.45, 2.75) is 12.4 Å². The molecule has 0 saturated heterocycles. The number of pyridine rings is 1. The Morgan fingerprint density at radius 2 is 1.38 bits per heavy atom. The Morgan fingerprint density at radius 3 is 1.86 bits per heavy atom. The minimum absolute atomic E-state index is 0.0825. The topological polar surface area (TPSA) is 38.9 Å². The van der Waals surface area contributed by atoms with Crippen LogP contribution in [-0.2, 0) is 12.4 Å². The lowest BCUT2D eigenvalue weighted by molar-refractivity contribution is -0.138. The lowest BCUT2D eigenvalue weighted by atomic mass is 9.99. The van der Waals surface area contributed by atoms with E-state index in [0.29, 0.717) is 12.1 Å². The molecule has 0 radical (unpaired) electrons. The summed E-state index contributed by atoms with van der Waals surface area (Å²) in [4.78, 5) is 3.56. The third-order valence-electron chi connectivity index (χ3n) is 2.79. The molecule has 2 N–H and O–H groups in total. The Hall–Kier alpha value is -2.25. The van der Waals surface area contributed by atoms with Crippen molar-refractivity contribution < 1.29 is 26.3 Å². The zero-order chi connectivity index (χ0) is 15.8. The first-order valence-corrected chi connectivity index (χ1v) is 5.60. The van der Waals surface area contributed by atoms with Gasteiger partial charge in [-0.1, -0.05) is 12.1 Å². The van der Waals surface area contributed by atoms with Crippen molar-refractivity contribution in [3.05, 3.63) is 47.7 Å². The van der Waals surface area contributed by atoms with Crippen LogP contribution in [0.15, 0.2) is 36.5 Å². The van der Waals surface area contributed by atoms with Gasteiger partial charge in [-0.2, -0.15) is 26.3 Å². The highest BCUT2D eigenvalue weighted by Crippen LogP contribution is 2.40. The van der Waals surface area contributed by atoms with Gasteiger partial charge in [0.15, 0.2) is 0 Å². The molecule has 1 aromatic heterocycles. The van der Waals surface area contributed by atoms with E-state index in [1.165, 1.54) is 0 Å². The molecule has 0 fully saturated rings. The molecule has 2 rings (SSSR count). The first kappa shape index (κ1) is 15.1. The van der Waals surface area contributed by atoms with Gasteiger partial charge in [0.25, 0.3) is 0 Å². The van der Waals surface area contributed by atoms with Gasteiger partial charge in [0.1, 0.15) is 5.82 Å².